The van der Waals surface area contributed by atoms with Crippen LogP contribution in [0.25, 0.3) is 0 Å². The van der Waals surface area contributed by atoms with Crippen LogP contribution in [0.3, 0.4) is 0 Å². The molecule has 6 heteroatoms. The van der Waals surface area contributed by atoms with Gasteiger partial charge in [-0.3, -0.25) is 14.6 Å². The first-order chi connectivity index (χ1) is 13.5. The van der Waals surface area contributed by atoms with Gasteiger partial charge < -0.3 is 10.6 Å². The molecule has 2 heterocycles. The van der Waals surface area contributed by atoms with E-state index >= 15 is 0 Å². The fraction of sp³-hybridized carbons (Fsp3) is 0.182. The number of pyridine rings is 2. The van der Waals surface area contributed by atoms with Gasteiger partial charge in [0.05, 0.1) is 12.2 Å². The maximum absolute atomic E-state index is 12.5. The topological polar surface area (TPSA) is 84.0 Å². The second-order valence-electron chi connectivity index (χ2n) is 6.64. The third kappa shape index (κ3) is 5.01. The molecule has 0 radical (unpaired) electrons. The van der Waals surface area contributed by atoms with Gasteiger partial charge in [0.2, 0.25) is 0 Å². The summed E-state index contributed by atoms with van der Waals surface area (Å²) < 4.78 is 0. The quantitative estimate of drug-likeness (QED) is 0.688. The molecule has 2 amide bonds. The van der Waals surface area contributed by atoms with Crippen LogP contribution in [0.5, 0.6) is 0 Å². The van der Waals surface area contributed by atoms with Gasteiger partial charge in [-0.05, 0) is 47.9 Å². The first kappa shape index (κ1) is 19.2. The Morgan fingerprint density at radius 3 is 2.25 bits per heavy atom. The number of aromatic nitrogens is 2. The van der Waals surface area contributed by atoms with Crippen LogP contribution in [-0.2, 0) is 6.54 Å². The normalized spacial score (nSPS) is 10.5. The van der Waals surface area contributed by atoms with Crippen LogP contribution >= 0.6 is 0 Å². The smallest absolute Gasteiger partial charge is 0.274 e. The van der Waals surface area contributed by atoms with E-state index in [2.05, 4.69) is 34.4 Å². The molecule has 3 aromatic rings. The summed E-state index contributed by atoms with van der Waals surface area (Å²) >= 11 is 0. The van der Waals surface area contributed by atoms with Gasteiger partial charge in [0.1, 0.15) is 11.4 Å². The molecule has 2 aromatic heterocycles. The van der Waals surface area contributed by atoms with Gasteiger partial charge in [-0.2, -0.15) is 0 Å². The Hall–Kier alpha value is -3.54. The first-order valence-corrected chi connectivity index (χ1v) is 9.09. The zero-order valence-electron chi connectivity index (χ0n) is 15.8. The van der Waals surface area contributed by atoms with E-state index in [1.165, 1.54) is 5.56 Å². The van der Waals surface area contributed by atoms with Crippen LogP contribution < -0.4 is 10.6 Å². The second-order valence-corrected chi connectivity index (χ2v) is 6.64. The summed E-state index contributed by atoms with van der Waals surface area (Å²) in [5.74, 6) is -0.300. The monoisotopic (exact) mass is 374 g/mol. The van der Waals surface area contributed by atoms with E-state index in [9.17, 15) is 9.59 Å². The first-order valence-electron chi connectivity index (χ1n) is 9.09. The van der Waals surface area contributed by atoms with Crippen molar-refractivity contribution < 1.29 is 9.59 Å². The number of amides is 2. The van der Waals surface area contributed by atoms with Crippen molar-refractivity contribution in [2.45, 2.75) is 26.3 Å². The minimum atomic E-state index is -0.364. The molecule has 0 aliphatic carbocycles. The highest BCUT2D eigenvalue weighted by Crippen LogP contribution is 2.17. The van der Waals surface area contributed by atoms with E-state index < -0.39 is 0 Å². The van der Waals surface area contributed by atoms with Gasteiger partial charge in [0.25, 0.3) is 11.8 Å². The molecule has 6 nitrogen and oxygen atoms in total. The molecule has 28 heavy (non-hydrogen) atoms. The number of nitrogens with one attached hydrogen (secondary N) is 2. The molecule has 2 N–H and O–H groups in total. The Morgan fingerprint density at radius 1 is 0.893 bits per heavy atom. The van der Waals surface area contributed by atoms with Crippen molar-refractivity contribution in [3.63, 3.8) is 0 Å². The van der Waals surface area contributed by atoms with Crippen molar-refractivity contribution >= 4 is 17.5 Å². The van der Waals surface area contributed by atoms with Crippen LogP contribution in [0.2, 0.25) is 0 Å². The predicted molar refractivity (Wildman–Crippen MR) is 108 cm³/mol. The molecule has 0 unspecified atom stereocenters. The molecule has 0 bridgehead atoms. The molecule has 3 rings (SSSR count). The van der Waals surface area contributed by atoms with Crippen molar-refractivity contribution in [3.8, 4) is 0 Å². The highest BCUT2D eigenvalue weighted by atomic mass is 16.2. The van der Waals surface area contributed by atoms with E-state index in [0.717, 1.165) is 5.69 Å². The average Bonchev–Trinajstić information content (AvgIpc) is 2.73. The number of hydrogen-bond acceptors (Lipinski definition) is 4. The summed E-state index contributed by atoms with van der Waals surface area (Å²) in [4.78, 5) is 33.1. The van der Waals surface area contributed by atoms with E-state index in [4.69, 9.17) is 0 Å². The standard InChI is InChI=1S/C22H22N4O2/c1-15(2)16-9-11-17(12-10-16)25-22(28)20-8-5-7-19(26-20)21(27)24-14-18-6-3-4-13-23-18/h3-13,15H,14H2,1-2H3,(H,24,27)(H,25,28). The zero-order valence-corrected chi connectivity index (χ0v) is 15.8. The Labute approximate surface area is 164 Å². The Bertz CT molecular complexity index is 954. The lowest BCUT2D eigenvalue weighted by molar-refractivity contribution is 0.0945. The average molecular weight is 374 g/mol. The van der Waals surface area contributed by atoms with Crippen LogP contribution in [0.1, 0.15) is 52.0 Å². The molecule has 0 saturated heterocycles. The second kappa shape index (κ2) is 8.90. The molecule has 0 saturated carbocycles. The Balaban J connectivity index is 1.64. The molecule has 0 atom stereocenters. The maximum atomic E-state index is 12.5. The fourth-order valence-corrected chi connectivity index (χ4v) is 2.60. The van der Waals surface area contributed by atoms with Crippen molar-refractivity contribution in [2.24, 2.45) is 0 Å². The molecule has 1 aromatic carbocycles. The van der Waals surface area contributed by atoms with Gasteiger partial charge in [0, 0.05) is 11.9 Å². The van der Waals surface area contributed by atoms with Crippen molar-refractivity contribution in [3.05, 3.63) is 89.5 Å². The van der Waals surface area contributed by atoms with Crippen LogP contribution in [0, 0.1) is 0 Å². The number of rotatable bonds is 6. The summed E-state index contributed by atoms with van der Waals surface area (Å²) in [5, 5.41) is 5.56. The van der Waals surface area contributed by atoms with Gasteiger partial charge in [-0.25, -0.2) is 4.98 Å². The minimum Gasteiger partial charge on any atom is -0.345 e. The van der Waals surface area contributed by atoms with Crippen LogP contribution in [0.4, 0.5) is 5.69 Å². The number of carbonyl (C=O) groups excluding carboxylic acids is 2. The summed E-state index contributed by atoms with van der Waals surface area (Å²) in [6, 6.07) is 17.9. The van der Waals surface area contributed by atoms with E-state index in [1.54, 1.807) is 24.4 Å². The van der Waals surface area contributed by atoms with Crippen LogP contribution in [0.15, 0.2) is 66.9 Å². The van der Waals surface area contributed by atoms with E-state index in [-0.39, 0.29) is 23.2 Å². The molecule has 0 fully saturated rings. The van der Waals surface area contributed by atoms with Gasteiger partial charge in [-0.1, -0.05) is 38.1 Å². The molecule has 142 valence electrons. The Kier molecular flexibility index (Phi) is 6.11. The lowest BCUT2D eigenvalue weighted by Crippen LogP contribution is -2.25. The summed E-state index contributed by atoms with van der Waals surface area (Å²) in [6.07, 6.45) is 1.67. The lowest BCUT2D eigenvalue weighted by Gasteiger charge is -2.09. The summed E-state index contributed by atoms with van der Waals surface area (Å²) in [7, 11) is 0. The largest absolute Gasteiger partial charge is 0.345 e. The van der Waals surface area contributed by atoms with E-state index in [0.29, 0.717) is 18.2 Å². The number of benzene rings is 1. The van der Waals surface area contributed by atoms with Gasteiger partial charge in [0.15, 0.2) is 0 Å². The highest BCUT2D eigenvalue weighted by Gasteiger charge is 2.13. The number of hydrogen-bond donors (Lipinski definition) is 2. The number of anilines is 1. The molecule has 0 aliphatic heterocycles. The minimum absolute atomic E-state index is 0.179. The van der Waals surface area contributed by atoms with Crippen LogP contribution in [-0.4, -0.2) is 21.8 Å². The molecule has 0 spiro atoms. The number of carbonyl (C=O) groups is 2. The summed E-state index contributed by atoms with van der Waals surface area (Å²) in [6.45, 7) is 4.52. The number of nitrogens with zero attached hydrogens (tertiary/aromatic N) is 2. The molecule has 0 aliphatic rings. The highest BCUT2D eigenvalue weighted by molar-refractivity contribution is 6.03. The van der Waals surface area contributed by atoms with Crippen molar-refractivity contribution in [1.82, 2.24) is 15.3 Å². The molecular formula is C22H22N4O2. The third-order valence-corrected chi connectivity index (χ3v) is 4.21. The third-order valence-electron chi connectivity index (χ3n) is 4.21. The Morgan fingerprint density at radius 2 is 1.61 bits per heavy atom. The predicted octanol–water partition coefficient (Wildman–Crippen LogP) is 3.78. The van der Waals surface area contributed by atoms with E-state index in [1.807, 2.05) is 42.5 Å². The van der Waals surface area contributed by atoms with Gasteiger partial charge in [-0.15, -0.1) is 0 Å². The van der Waals surface area contributed by atoms with Crippen molar-refractivity contribution in [1.29, 1.82) is 0 Å². The van der Waals surface area contributed by atoms with Crippen molar-refractivity contribution in [2.75, 3.05) is 5.32 Å². The molecular weight excluding hydrogens is 352 g/mol. The summed E-state index contributed by atoms with van der Waals surface area (Å²) in [5.41, 5.74) is 2.98. The SMILES string of the molecule is CC(C)c1ccc(NC(=O)c2cccc(C(=O)NCc3ccccn3)n2)cc1. The fourth-order valence-electron chi connectivity index (χ4n) is 2.60. The zero-order chi connectivity index (χ0) is 19.9. The lowest BCUT2D eigenvalue weighted by atomic mass is 10.0. The van der Waals surface area contributed by atoms with Gasteiger partial charge >= 0.3 is 0 Å². The maximum Gasteiger partial charge on any atom is 0.274 e.